The second-order valence-corrected chi connectivity index (χ2v) is 9.11. The molecule has 0 saturated heterocycles. The van der Waals surface area contributed by atoms with Crippen LogP contribution in [0, 0.1) is 6.92 Å². The summed E-state index contributed by atoms with van der Waals surface area (Å²) in [5.74, 6) is -0.537. The standard InChI is InChI=1S/C30H32O7/c1-4-5-6-7-11-14-22-27(29(32)35-18-20-12-9-8-10-13-20)23(31)17-25-28(22)36-24-16-21(34-3)15-19(2)26(24)30(33)37-25/h8-10,12-13,15-17,31H,4-7,11,14,18H2,1-3H3. The van der Waals surface area contributed by atoms with Crippen molar-refractivity contribution in [2.24, 2.45) is 0 Å². The molecule has 0 aromatic heterocycles. The number of esters is 2. The molecule has 1 aliphatic rings. The number of methoxy groups -OCH3 is 1. The molecule has 37 heavy (non-hydrogen) atoms. The number of unbranched alkanes of at least 4 members (excludes halogenated alkanes) is 4. The number of ether oxygens (including phenoxy) is 4. The number of hydrogen-bond donors (Lipinski definition) is 1. The minimum Gasteiger partial charge on any atom is -0.507 e. The molecule has 0 unspecified atom stereocenters. The molecule has 7 nitrogen and oxygen atoms in total. The highest BCUT2D eigenvalue weighted by Gasteiger charge is 2.32. The number of carbonyl (C=O) groups excluding carboxylic acids is 2. The SMILES string of the molecule is CCCCCCCc1c2c(cc(O)c1C(=O)OCc1ccccc1)OC(=O)c1c(C)cc(OC)cc1O2. The van der Waals surface area contributed by atoms with Crippen LogP contribution in [-0.4, -0.2) is 24.2 Å². The molecule has 1 aliphatic heterocycles. The number of phenols is 1. The summed E-state index contributed by atoms with van der Waals surface area (Å²) in [6.45, 7) is 3.97. The van der Waals surface area contributed by atoms with Crippen molar-refractivity contribution in [2.45, 2.75) is 59.0 Å². The predicted octanol–water partition coefficient (Wildman–Crippen LogP) is 6.90. The van der Waals surface area contributed by atoms with Crippen molar-refractivity contribution in [1.82, 2.24) is 0 Å². The number of carbonyl (C=O) groups is 2. The quantitative estimate of drug-likeness (QED) is 0.182. The van der Waals surface area contributed by atoms with Crippen molar-refractivity contribution in [3.8, 4) is 28.7 Å². The smallest absolute Gasteiger partial charge is 0.347 e. The van der Waals surface area contributed by atoms with Gasteiger partial charge in [-0.05, 0) is 37.0 Å². The van der Waals surface area contributed by atoms with Gasteiger partial charge in [-0.15, -0.1) is 0 Å². The molecule has 0 bridgehead atoms. The summed E-state index contributed by atoms with van der Waals surface area (Å²) in [5.41, 5.74) is 2.18. The van der Waals surface area contributed by atoms with Crippen LogP contribution in [0.5, 0.6) is 28.7 Å². The largest absolute Gasteiger partial charge is 0.507 e. The van der Waals surface area contributed by atoms with Crippen LogP contribution in [0.3, 0.4) is 0 Å². The number of aromatic hydroxyl groups is 1. The fraction of sp³-hybridized carbons (Fsp3) is 0.333. The Kier molecular flexibility index (Phi) is 8.33. The van der Waals surface area contributed by atoms with Crippen molar-refractivity contribution in [3.05, 3.63) is 76.3 Å². The summed E-state index contributed by atoms with van der Waals surface area (Å²) in [4.78, 5) is 26.3. The van der Waals surface area contributed by atoms with Gasteiger partial charge in [-0.3, -0.25) is 0 Å². The van der Waals surface area contributed by atoms with Crippen LogP contribution in [0.4, 0.5) is 0 Å². The number of hydrogen-bond acceptors (Lipinski definition) is 7. The van der Waals surface area contributed by atoms with Gasteiger partial charge in [-0.25, -0.2) is 9.59 Å². The van der Waals surface area contributed by atoms with Gasteiger partial charge in [0.25, 0.3) is 0 Å². The highest BCUT2D eigenvalue weighted by molar-refractivity contribution is 5.99. The van der Waals surface area contributed by atoms with Crippen LogP contribution in [0.15, 0.2) is 48.5 Å². The lowest BCUT2D eigenvalue weighted by Crippen LogP contribution is -2.12. The second-order valence-electron chi connectivity index (χ2n) is 9.11. The molecule has 4 rings (SSSR count). The summed E-state index contributed by atoms with van der Waals surface area (Å²) < 4.78 is 22.9. The minimum absolute atomic E-state index is 0.0179. The fourth-order valence-corrected chi connectivity index (χ4v) is 4.48. The van der Waals surface area contributed by atoms with Gasteiger partial charge in [-0.1, -0.05) is 62.9 Å². The zero-order valence-electron chi connectivity index (χ0n) is 21.5. The Bertz CT molecular complexity index is 1280. The molecule has 1 heterocycles. The first-order chi connectivity index (χ1) is 17.9. The molecule has 0 radical (unpaired) electrons. The van der Waals surface area contributed by atoms with Gasteiger partial charge in [0, 0.05) is 17.7 Å². The molecule has 1 N–H and O–H groups in total. The van der Waals surface area contributed by atoms with Crippen molar-refractivity contribution in [3.63, 3.8) is 0 Å². The number of fused-ring (bicyclic) bond motifs is 2. The van der Waals surface area contributed by atoms with Gasteiger partial charge >= 0.3 is 11.9 Å². The van der Waals surface area contributed by atoms with Crippen LogP contribution in [0.25, 0.3) is 0 Å². The molecule has 0 spiro atoms. The van der Waals surface area contributed by atoms with Crippen LogP contribution in [-0.2, 0) is 17.8 Å². The van der Waals surface area contributed by atoms with Gasteiger partial charge in [0.2, 0.25) is 0 Å². The van der Waals surface area contributed by atoms with E-state index in [0.717, 1.165) is 37.7 Å². The minimum atomic E-state index is -0.672. The van der Waals surface area contributed by atoms with Crippen molar-refractivity contribution in [1.29, 1.82) is 0 Å². The fourth-order valence-electron chi connectivity index (χ4n) is 4.48. The number of aryl methyl sites for hydroxylation is 1. The molecule has 3 aromatic carbocycles. The first-order valence-electron chi connectivity index (χ1n) is 12.6. The van der Waals surface area contributed by atoms with Gasteiger partial charge in [0.05, 0.1) is 7.11 Å². The van der Waals surface area contributed by atoms with E-state index in [1.54, 1.807) is 19.1 Å². The predicted molar refractivity (Wildman–Crippen MR) is 139 cm³/mol. The maximum absolute atomic E-state index is 13.3. The normalized spacial score (nSPS) is 12.0. The monoisotopic (exact) mass is 504 g/mol. The van der Waals surface area contributed by atoms with Crippen LogP contribution >= 0.6 is 0 Å². The van der Waals surface area contributed by atoms with E-state index in [1.807, 2.05) is 30.3 Å². The van der Waals surface area contributed by atoms with E-state index in [4.69, 9.17) is 18.9 Å². The Morgan fingerprint density at radius 1 is 0.973 bits per heavy atom. The summed E-state index contributed by atoms with van der Waals surface area (Å²) in [5, 5.41) is 10.9. The lowest BCUT2D eigenvalue weighted by atomic mass is 9.97. The molecule has 0 amide bonds. The van der Waals surface area contributed by atoms with Gasteiger partial charge < -0.3 is 24.1 Å². The van der Waals surface area contributed by atoms with Crippen LogP contribution in [0.1, 0.15) is 76.4 Å². The van der Waals surface area contributed by atoms with Crippen molar-refractivity contribution >= 4 is 11.9 Å². The van der Waals surface area contributed by atoms with E-state index in [0.29, 0.717) is 23.3 Å². The first kappa shape index (κ1) is 26.1. The lowest BCUT2D eigenvalue weighted by Gasteiger charge is -2.18. The lowest BCUT2D eigenvalue weighted by molar-refractivity contribution is 0.0467. The number of rotatable bonds is 10. The molecule has 3 aromatic rings. The molecule has 7 heteroatoms. The summed E-state index contributed by atoms with van der Waals surface area (Å²) in [6.07, 6.45) is 5.42. The van der Waals surface area contributed by atoms with E-state index in [-0.39, 0.29) is 40.7 Å². The van der Waals surface area contributed by atoms with Crippen LogP contribution in [0.2, 0.25) is 0 Å². The molecule has 0 atom stereocenters. The molecular formula is C30H32O7. The van der Waals surface area contributed by atoms with Gasteiger partial charge in [0.1, 0.15) is 35.0 Å². The van der Waals surface area contributed by atoms with Gasteiger partial charge in [0.15, 0.2) is 11.5 Å². The van der Waals surface area contributed by atoms with Crippen molar-refractivity contribution in [2.75, 3.05) is 7.11 Å². The summed E-state index contributed by atoms with van der Waals surface area (Å²) >= 11 is 0. The average molecular weight is 505 g/mol. The second kappa shape index (κ2) is 11.8. The highest BCUT2D eigenvalue weighted by atomic mass is 16.6. The molecular weight excluding hydrogens is 472 g/mol. The first-order valence-corrected chi connectivity index (χ1v) is 12.6. The van der Waals surface area contributed by atoms with E-state index in [9.17, 15) is 14.7 Å². The molecule has 0 aliphatic carbocycles. The van der Waals surface area contributed by atoms with Crippen LogP contribution < -0.4 is 14.2 Å². The third-order valence-corrected chi connectivity index (χ3v) is 6.40. The Labute approximate surface area is 216 Å². The Morgan fingerprint density at radius 3 is 2.46 bits per heavy atom. The zero-order valence-corrected chi connectivity index (χ0v) is 21.5. The molecule has 0 saturated carbocycles. The number of phenolic OH excluding ortho intramolecular Hbond substituents is 1. The van der Waals surface area contributed by atoms with E-state index in [2.05, 4.69) is 6.92 Å². The average Bonchev–Trinajstić information content (AvgIpc) is 3.03. The van der Waals surface area contributed by atoms with E-state index >= 15 is 0 Å². The molecule has 194 valence electrons. The van der Waals surface area contributed by atoms with E-state index < -0.39 is 11.9 Å². The maximum atomic E-state index is 13.3. The zero-order chi connectivity index (χ0) is 26.4. The molecule has 0 fully saturated rings. The summed E-state index contributed by atoms with van der Waals surface area (Å²) in [6, 6.07) is 13.9. The Balaban J connectivity index is 1.75. The topological polar surface area (TPSA) is 91.3 Å². The number of benzene rings is 3. The van der Waals surface area contributed by atoms with E-state index in [1.165, 1.54) is 13.2 Å². The van der Waals surface area contributed by atoms with Gasteiger partial charge in [-0.2, -0.15) is 0 Å². The summed E-state index contributed by atoms with van der Waals surface area (Å²) in [7, 11) is 1.53. The third-order valence-electron chi connectivity index (χ3n) is 6.40. The maximum Gasteiger partial charge on any atom is 0.347 e. The highest BCUT2D eigenvalue weighted by Crippen LogP contribution is 2.47. The third kappa shape index (κ3) is 5.88. The Morgan fingerprint density at radius 2 is 1.73 bits per heavy atom. The van der Waals surface area contributed by atoms with Crippen molar-refractivity contribution < 1.29 is 33.6 Å². The Hall–Kier alpha value is -4.00.